The highest BCUT2D eigenvalue weighted by Gasteiger charge is 2.46. The van der Waals surface area contributed by atoms with Crippen molar-refractivity contribution in [3.05, 3.63) is 72.4 Å². The second kappa shape index (κ2) is 9.82. The number of nitrogens with one attached hydrogen (secondary N) is 1. The van der Waals surface area contributed by atoms with Crippen LogP contribution in [0.2, 0.25) is 10.3 Å². The number of halogens is 3. The van der Waals surface area contributed by atoms with Crippen molar-refractivity contribution in [1.29, 1.82) is 0 Å². The first-order valence-electron chi connectivity index (χ1n) is 12.0. The van der Waals surface area contributed by atoms with Crippen molar-refractivity contribution < 1.29 is 8.91 Å². The van der Waals surface area contributed by atoms with Gasteiger partial charge in [-0.2, -0.15) is 9.97 Å². The van der Waals surface area contributed by atoms with Crippen LogP contribution in [0.4, 0.5) is 4.39 Å². The van der Waals surface area contributed by atoms with Crippen LogP contribution in [-0.4, -0.2) is 29.2 Å². The Labute approximate surface area is 215 Å². The van der Waals surface area contributed by atoms with Crippen LogP contribution in [0.15, 0.2) is 32.3 Å². The van der Waals surface area contributed by atoms with Crippen molar-refractivity contribution in [2.24, 2.45) is 0 Å². The quantitative estimate of drug-likeness (QED) is 0.313. The van der Waals surface area contributed by atoms with Gasteiger partial charge in [0, 0.05) is 24.5 Å². The van der Waals surface area contributed by atoms with Gasteiger partial charge in [-0.1, -0.05) is 36.5 Å². The molecule has 0 atom stereocenters. The zero-order valence-electron chi connectivity index (χ0n) is 19.7. The third-order valence-electron chi connectivity index (χ3n) is 6.89. The molecule has 0 spiro atoms. The Hall–Kier alpha value is -2.98. The van der Waals surface area contributed by atoms with E-state index in [1.165, 1.54) is 21.3 Å². The van der Waals surface area contributed by atoms with Crippen LogP contribution in [0.25, 0.3) is 11.2 Å². The summed E-state index contributed by atoms with van der Waals surface area (Å²) in [4.78, 5) is 37.5. The van der Waals surface area contributed by atoms with Crippen LogP contribution >= 0.6 is 23.2 Å². The lowest BCUT2D eigenvalue weighted by molar-refractivity contribution is 0.270. The van der Waals surface area contributed by atoms with Gasteiger partial charge in [-0.3, -0.25) is 13.9 Å². The molecule has 0 bridgehead atoms. The number of imidazole rings is 1. The number of H-pyrrole nitrogens is 1. The lowest BCUT2D eigenvalue weighted by Gasteiger charge is -2.40. The van der Waals surface area contributed by atoms with Gasteiger partial charge in [0.2, 0.25) is 11.2 Å². The summed E-state index contributed by atoms with van der Waals surface area (Å²) < 4.78 is 22.1. The molecule has 0 unspecified atom stereocenters. The Balaban J connectivity index is 1.37. The van der Waals surface area contributed by atoms with Crippen LogP contribution in [0.1, 0.15) is 62.7 Å². The van der Waals surface area contributed by atoms with Crippen LogP contribution in [0.3, 0.4) is 0 Å². The SMILES string of the molecule is CCCCn1c(=O)n(CCCc2nc(C3(c4cc(F)ccc4Cl)CCC3)no2)c(=O)c2[nH]c(Cl)nc21. The molecule has 1 saturated carbocycles. The van der Waals surface area contributed by atoms with Crippen molar-refractivity contribution in [3.8, 4) is 0 Å². The molecule has 5 rings (SSSR count). The number of aromatic amines is 1. The van der Waals surface area contributed by atoms with E-state index in [0.29, 0.717) is 41.7 Å². The molecule has 9 nitrogen and oxygen atoms in total. The Kier molecular flexibility index (Phi) is 6.74. The van der Waals surface area contributed by atoms with Crippen molar-refractivity contribution in [2.45, 2.75) is 70.4 Å². The summed E-state index contributed by atoms with van der Waals surface area (Å²) in [5, 5.41) is 4.71. The van der Waals surface area contributed by atoms with Gasteiger partial charge in [0.15, 0.2) is 17.0 Å². The van der Waals surface area contributed by atoms with E-state index in [2.05, 4.69) is 20.1 Å². The summed E-state index contributed by atoms with van der Waals surface area (Å²) in [6.45, 7) is 2.62. The van der Waals surface area contributed by atoms with Gasteiger partial charge in [0.1, 0.15) is 5.82 Å². The van der Waals surface area contributed by atoms with E-state index in [9.17, 15) is 14.0 Å². The molecule has 1 aliphatic carbocycles. The average molecular weight is 535 g/mol. The molecule has 0 saturated heterocycles. The van der Waals surface area contributed by atoms with Crippen molar-refractivity contribution in [3.63, 3.8) is 0 Å². The second-order valence-corrected chi connectivity index (χ2v) is 9.91. The normalized spacial score (nSPS) is 14.9. The molecule has 4 aromatic rings. The van der Waals surface area contributed by atoms with Gasteiger partial charge in [-0.05, 0) is 61.0 Å². The topological polar surface area (TPSA) is 112 Å². The van der Waals surface area contributed by atoms with Crippen LogP contribution in [-0.2, 0) is 24.9 Å². The molecular weight excluding hydrogens is 510 g/mol. The third kappa shape index (κ3) is 4.26. The number of aryl methyl sites for hydroxylation is 2. The molecule has 0 amide bonds. The molecular formula is C24H25Cl2FN6O3. The summed E-state index contributed by atoms with van der Waals surface area (Å²) in [5.41, 5.74) is -0.339. The molecule has 1 aliphatic rings. The largest absolute Gasteiger partial charge is 0.339 e. The monoisotopic (exact) mass is 534 g/mol. The molecule has 3 heterocycles. The van der Waals surface area contributed by atoms with Crippen molar-refractivity contribution in [2.75, 3.05) is 0 Å². The van der Waals surface area contributed by atoms with E-state index >= 15 is 0 Å². The predicted molar refractivity (Wildman–Crippen MR) is 133 cm³/mol. The lowest BCUT2D eigenvalue weighted by atomic mass is 9.64. The zero-order valence-corrected chi connectivity index (χ0v) is 21.2. The number of benzene rings is 1. The van der Waals surface area contributed by atoms with E-state index in [4.69, 9.17) is 27.7 Å². The number of nitrogens with zero attached hydrogens (tertiary/aromatic N) is 5. The predicted octanol–water partition coefficient (Wildman–Crippen LogP) is 4.62. The van der Waals surface area contributed by atoms with E-state index in [0.717, 1.165) is 32.1 Å². The Bertz CT molecular complexity index is 1540. The molecule has 190 valence electrons. The standard InChI is InChI=1S/C24H25Cl2FN6O3/c1-2-3-11-32-19-18(29-22(26)30-19)20(34)33(23(32)35)12-4-6-17-28-21(31-36-17)24(9-5-10-24)15-13-14(27)7-8-16(15)25/h7-8,13H,2-6,9-12H2,1H3,(H,29,30). The van der Waals surface area contributed by atoms with E-state index < -0.39 is 16.7 Å². The zero-order chi connectivity index (χ0) is 25.4. The van der Waals surface area contributed by atoms with Crippen LogP contribution in [0.5, 0.6) is 0 Å². The number of hydrogen-bond donors (Lipinski definition) is 1. The van der Waals surface area contributed by atoms with Gasteiger partial charge in [-0.15, -0.1) is 0 Å². The number of fused-ring (bicyclic) bond motifs is 1. The van der Waals surface area contributed by atoms with Gasteiger partial charge >= 0.3 is 5.69 Å². The fraction of sp³-hybridized carbons (Fsp3) is 0.458. The summed E-state index contributed by atoms with van der Waals surface area (Å²) in [7, 11) is 0. The maximum absolute atomic E-state index is 14.0. The van der Waals surface area contributed by atoms with Crippen molar-refractivity contribution >= 4 is 34.4 Å². The summed E-state index contributed by atoms with van der Waals surface area (Å²) in [6, 6.07) is 4.31. The van der Waals surface area contributed by atoms with Gasteiger partial charge in [-0.25, -0.2) is 9.18 Å². The highest BCUT2D eigenvalue weighted by atomic mass is 35.5. The minimum Gasteiger partial charge on any atom is -0.339 e. The van der Waals surface area contributed by atoms with E-state index in [1.54, 1.807) is 6.07 Å². The number of rotatable bonds is 9. The summed E-state index contributed by atoms with van der Waals surface area (Å²) in [5.74, 6) is 0.493. The first-order valence-corrected chi connectivity index (χ1v) is 12.8. The number of hydrogen-bond acceptors (Lipinski definition) is 6. The molecule has 1 N–H and O–H groups in total. The fourth-order valence-electron chi connectivity index (χ4n) is 4.80. The van der Waals surface area contributed by atoms with Crippen LogP contribution in [0, 0.1) is 5.82 Å². The Morgan fingerprint density at radius 1 is 1.14 bits per heavy atom. The molecule has 3 aromatic heterocycles. The minimum absolute atomic E-state index is 0.0613. The molecule has 12 heteroatoms. The first kappa shape index (κ1) is 24.7. The summed E-state index contributed by atoms with van der Waals surface area (Å²) >= 11 is 12.4. The Morgan fingerprint density at radius 3 is 2.64 bits per heavy atom. The molecule has 1 fully saturated rings. The van der Waals surface area contributed by atoms with Crippen LogP contribution < -0.4 is 11.2 Å². The maximum atomic E-state index is 14.0. The van der Waals surface area contributed by atoms with Gasteiger partial charge in [0.25, 0.3) is 5.56 Å². The number of aromatic nitrogens is 6. The molecule has 0 aliphatic heterocycles. The molecule has 1 aromatic carbocycles. The minimum atomic E-state index is -0.574. The third-order valence-corrected chi connectivity index (χ3v) is 7.40. The van der Waals surface area contributed by atoms with E-state index in [-0.39, 0.29) is 28.8 Å². The average Bonchev–Trinajstić information content (AvgIpc) is 3.45. The van der Waals surface area contributed by atoms with Gasteiger partial charge < -0.3 is 9.51 Å². The molecule has 36 heavy (non-hydrogen) atoms. The Morgan fingerprint density at radius 2 is 1.92 bits per heavy atom. The maximum Gasteiger partial charge on any atom is 0.332 e. The first-order chi connectivity index (χ1) is 17.3. The summed E-state index contributed by atoms with van der Waals surface area (Å²) in [6.07, 6.45) is 4.87. The smallest absolute Gasteiger partial charge is 0.332 e. The second-order valence-electron chi connectivity index (χ2n) is 9.15. The lowest BCUT2D eigenvalue weighted by Crippen LogP contribution is -2.40. The molecule has 0 radical (unpaired) electrons. The van der Waals surface area contributed by atoms with E-state index in [1.807, 2.05) is 6.92 Å². The highest BCUT2D eigenvalue weighted by molar-refractivity contribution is 6.31. The fourth-order valence-corrected chi connectivity index (χ4v) is 5.27. The van der Waals surface area contributed by atoms with Gasteiger partial charge in [0.05, 0.1) is 5.41 Å². The number of unbranched alkanes of at least 4 members (excludes halogenated alkanes) is 1. The highest BCUT2D eigenvalue weighted by Crippen LogP contribution is 2.50. The van der Waals surface area contributed by atoms with Crippen molar-refractivity contribution in [1.82, 2.24) is 29.2 Å².